The molecular weight excluding hydrogens is 438 g/mol. The van der Waals surface area contributed by atoms with Crippen molar-refractivity contribution in [1.82, 2.24) is 14.7 Å². The average molecular weight is 476 g/mol. The van der Waals surface area contributed by atoms with E-state index in [1.807, 2.05) is 68.4 Å². The predicted molar refractivity (Wildman–Crippen MR) is 142 cm³/mol. The summed E-state index contributed by atoms with van der Waals surface area (Å²) in [6, 6.07) is 17.3. The molecule has 1 heterocycles. The molecule has 0 radical (unpaired) electrons. The average Bonchev–Trinajstić information content (AvgIpc) is 3.23. The molecule has 3 rings (SSSR count). The Balaban J connectivity index is 1.79. The molecule has 0 saturated heterocycles. The van der Waals surface area contributed by atoms with Crippen molar-refractivity contribution in [2.24, 2.45) is 0 Å². The fourth-order valence-corrected chi connectivity index (χ4v) is 3.74. The van der Waals surface area contributed by atoms with Crippen molar-refractivity contribution in [3.8, 4) is 5.69 Å². The third-order valence-corrected chi connectivity index (χ3v) is 5.69. The Kier molecular flexibility index (Phi) is 8.33. The van der Waals surface area contributed by atoms with E-state index in [1.165, 1.54) is 4.90 Å². The molecular formula is C28H37N5O2. The molecule has 0 bridgehead atoms. The van der Waals surface area contributed by atoms with Gasteiger partial charge in [-0.3, -0.25) is 4.79 Å². The summed E-state index contributed by atoms with van der Waals surface area (Å²) >= 11 is 0. The van der Waals surface area contributed by atoms with Crippen molar-refractivity contribution in [1.29, 1.82) is 0 Å². The number of hydrogen-bond donors (Lipinski definition) is 2. The lowest BCUT2D eigenvalue weighted by atomic mass is 9.92. The maximum Gasteiger partial charge on any atom is 0.322 e. The number of aromatic nitrogens is 2. The van der Waals surface area contributed by atoms with Gasteiger partial charge in [0.25, 0.3) is 0 Å². The number of anilines is 2. The molecule has 7 heteroatoms. The van der Waals surface area contributed by atoms with E-state index in [-0.39, 0.29) is 23.9 Å². The molecule has 0 spiro atoms. The van der Waals surface area contributed by atoms with Crippen LogP contribution in [0, 0.1) is 6.92 Å². The Hall–Kier alpha value is -3.61. The van der Waals surface area contributed by atoms with Crippen LogP contribution in [-0.2, 0) is 16.6 Å². The van der Waals surface area contributed by atoms with Gasteiger partial charge in [0, 0.05) is 23.7 Å². The lowest BCUT2D eigenvalue weighted by Crippen LogP contribution is -2.41. The zero-order valence-electron chi connectivity index (χ0n) is 21.7. The highest BCUT2D eigenvalue weighted by atomic mass is 16.2. The summed E-state index contributed by atoms with van der Waals surface area (Å²) in [6.07, 6.45) is 1.63. The zero-order valence-corrected chi connectivity index (χ0v) is 21.7. The second kappa shape index (κ2) is 11.2. The van der Waals surface area contributed by atoms with Gasteiger partial charge in [-0.05, 0) is 55.2 Å². The SMILES string of the molecule is CCCN(CC(=O)Nc1cc(C(C)(C)C)nn1-c1cccc(C)c1)C(=O)Nc1cccc(CC)c1. The summed E-state index contributed by atoms with van der Waals surface area (Å²) in [5.41, 5.74) is 4.52. The van der Waals surface area contributed by atoms with Crippen LogP contribution in [0.15, 0.2) is 54.6 Å². The van der Waals surface area contributed by atoms with E-state index in [1.54, 1.807) is 4.68 Å². The van der Waals surface area contributed by atoms with Crippen molar-refractivity contribution < 1.29 is 9.59 Å². The van der Waals surface area contributed by atoms with E-state index in [0.717, 1.165) is 41.0 Å². The summed E-state index contributed by atoms with van der Waals surface area (Å²) in [5.74, 6) is 0.309. The van der Waals surface area contributed by atoms with E-state index in [9.17, 15) is 9.59 Å². The lowest BCUT2D eigenvalue weighted by molar-refractivity contribution is -0.116. The fraction of sp³-hybridized carbons (Fsp3) is 0.393. The van der Waals surface area contributed by atoms with Gasteiger partial charge < -0.3 is 15.5 Å². The summed E-state index contributed by atoms with van der Waals surface area (Å²) < 4.78 is 1.76. The normalized spacial score (nSPS) is 11.3. The number of urea groups is 1. The zero-order chi connectivity index (χ0) is 25.6. The van der Waals surface area contributed by atoms with Crippen LogP contribution >= 0.6 is 0 Å². The monoisotopic (exact) mass is 475 g/mol. The van der Waals surface area contributed by atoms with Crippen molar-refractivity contribution in [2.45, 2.75) is 59.8 Å². The number of amides is 3. The van der Waals surface area contributed by atoms with E-state index >= 15 is 0 Å². The largest absolute Gasteiger partial charge is 0.322 e. The summed E-state index contributed by atoms with van der Waals surface area (Å²) in [6.45, 7) is 12.7. The molecule has 0 aliphatic heterocycles. The molecule has 0 fully saturated rings. The molecule has 2 N–H and O–H groups in total. The second-order valence-electron chi connectivity index (χ2n) is 9.87. The van der Waals surface area contributed by atoms with Crippen LogP contribution in [-0.4, -0.2) is 39.7 Å². The number of carbonyl (C=O) groups excluding carboxylic acids is 2. The molecule has 7 nitrogen and oxygen atoms in total. The molecule has 0 aliphatic rings. The lowest BCUT2D eigenvalue weighted by Gasteiger charge is -2.22. The standard InChI is InChI=1S/C28H37N5O2/c1-7-15-32(27(35)29-22-13-10-12-21(8-2)17-22)19-26(34)30-25-18-24(28(4,5)6)31-33(25)23-14-9-11-20(3)16-23/h9-14,16-18H,7-8,15,19H2,1-6H3,(H,29,35)(H,30,34). The second-order valence-corrected chi connectivity index (χ2v) is 9.87. The first-order valence-corrected chi connectivity index (χ1v) is 12.2. The minimum atomic E-state index is -0.294. The molecule has 0 aliphatic carbocycles. The number of nitrogens with one attached hydrogen (secondary N) is 2. The quantitative estimate of drug-likeness (QED) is 0.424. The molecule has 3 amide bonds. The van der Waals surface area contributed by atoms with Crippen molar-refractivity contribution >= 4 is 23.4 Å². The highest BCUT2D eigenvalue weighted by Gasteiger charge is 2.23. The minimum absolute atomic E-state index is 0.0585. The fourth-order valence-electron chi connectivity index (χ4n) is 3.74. The first-order chi connectivity index (χ1) is 16.6. The van der Waals surface area contributed by atoms with Crippen LogP contribution in [0.1, 0.15) is 57.9 Å². The third-order valence-electron chi connectivity index (χ3n) is 5.69. The molecule has 0 saturated carbocycles. The molecule has 186 valence electrons. The number of hydrogen-bond acceptors (Lipinski definition) is 3. The number of rotatable bonds is 8. The maximum absolute atomic E-state index is 13.1. The van der Waals surface area contributed by atoms with Crippen molar-refractivity contribution in [2.75, 3.05) is 23.7 Å². The van der Waals surface area contributed by atoms with Gasteiger partial charge in [0.2, 0.25) is 5.91 Å². The Bertz CT molecular complexity index is 1180. The van der Waals surface area contributed by atoms with Gasteiger partial charge in [0.15, 0.2) is 0 Å². The van der Waals surface area contributed by atoms with Crippen molar-refractivity contribution in [3.05, 3.63) is 71.4 Å². The third kappa shape index (κ3) is 6.94. The van der Waals surface area contributed by atoms with Gasteiger partial charge in [-0.2, -0.15) is 5.10 Å². The number of carbonyl (C=O) groups is 2. The Morgan fingerprint density at radius 2 is 1.74 bits per heavy atom. The van der Waals surface area contributed by atoms with Crippen LogP contribution < -0.4 is 10.6 Å². The van der Waals surface area contributed by atoms with Crippen LogP contribution in [0.4, 0.5) is 16.3 Å². The van der Waals surface area contributed by atoms with E-state index in [0.29, 0.717) is 12.4 Å². The van der Waals surface area contributed by atoms with Gasteiger partial charge >= 0.3 is 6.03 Å². The Labute approximate surface area is 208 Å². The van der Waals surface area contributed by atoms with Crippen molar-refractivity contribution in [3.63, 3.8) is 0 Å². The van der Waals surface area contributed by atoms with Crippen LogP contribution in [0.5, 0.6) is 0 Å². The summed E-state index contributed by atoms with van der Waals surface area (Å²) in [5, 5.41) is 10.7. The van der Waals surface area contributed by atoms with Gasteiger partial charge in [-0.15, -0.1) is 0 Å². The molecule has 1 aromatic heterocycles. The topological polar surface area (TPSA) is 79.3 Å². The van der Waals surface area contributed by atoms with Crippen LogP contribution in [0.25, 0.3) is 5.69 Å². The Morgan fingerprint density at radius 3 is 2.40 bits per heavy atom. The van der Waals surface area contributed by atoms with Crippen LogP contribution in [0.2, 0.25) is 0 Å². The summed E-state index contributed by atoms with van der Waals surface area (Å²) in [7, 11) is 0. The smallest absolute Gasteiger partial charge is 0.315 e. The van der Waals surface area contributed by atoms with E-state index < -0.39 is 0 Å². The molecule has 0 unspecified atom stereocenters. The number of aryl methyl sites for hydroxylation is 2. The number of benzene rings is 2. The van der Waals surface area contributed by atoms with Gasteiger partial charge in [-0.1, -0.05) is 58.9 Å². The highest BCUT2D eigenvalue weighted by molar-refractivity contribution is 5.96. The first-order valence-electron chi connectivity index (χ1n) is 12.2. The first kappa shape index (κ1) is 26.0. The maximum atomic E-state index is 13.1. The van der Waals surface area contributed by atoms with E-state index in [4.69, 9.17) is 5.10 Å². The Morgan fingerprint density at radius 1 is 1.00 bits per heavy atom. The van der Waals surface area contributed by atoms with Crippen LogP contribution in [0.3, 0.4) is 0 Å². The van der Waals surface area contributed by atoms with Gasteiger partial charge in [-0.25, -0.2) is 9.48 Å². The molecule has 2 aromatic carbocycles. The summed E-state index contributed by atoms with van der Waals surface area (Å²) in [4.78, 5) is 27.6. The van der Waals surface area contributed by atoms with E-state index in [2.05, 4.69) is 38.3 Å². The number of nitrogens with zero attached hydrogens (tertiary/aromatic N) is 3. The van der Waals surface area contributed by atoms with Gasteiger partial charge in [0.05, 0.1) is 11.4 Å². The highest BCUT2D eigenvalue weighted by Crippen LogP contribution is 2.26. The predicted octanol–water partition coefficient (Wildman–Crippen LogP) is 5.92. The molecule has 3 aromatic rings. The van der Waals surface area contributed by atoms with Gasteiger partial charge in [0.1, 0.15) is 12.4 Å². The molecule has 0 atom stereocenters. The molecule has 35 heavy (non-hydrogen) atoms. The minimum Gasteiger partial charge on any atom is -0.315 e.